The van der Waals surface area contributed by atoms with E-state index < -0.39 is 15.4 Å². The van der Waals surface area contributed by atoms with Crippen LogP contribution < -0.4 is 5.73 Å². The zero-order valence-electron chi connectivity index (χ0n) is 8.12. The molecule has 0 aromatic carbocycles. The van der Waals surface area contributed by atoms with E-state index in [0.29, 0.717) is 19.4 Å². The number of hydrogen-bond acceptors (Lipinski definition) is 4. The Hall–Kier alpha value is -0.130. The Bertz CT molecular complexity index is 275. The number of hydrogen-bond donors (Lipinski definition) is 1. The summed E-state index contributed by atoms with van der Waals surface area (Å²) in [5.74, 6) is 0. The van der Waals surface area contributed by atoms with Crippen LogP contribution in [0.5, 0.6) is 0 Å². The van der Waals surface area contributed by atoms with Gasteiger partial charge in [0.1, 0.15) is 9.84 Å². The second-order valence-electron chi connectivity index (χ2n) is 3.99. The van der Waals surface area contributed by atoms with Crippen LogP contribution in [-0.4, -0.2) is 39.2 Å². The molecule has 5 heteroatoms. The maximum Gasteiger partial charge on any atom is 0.150 e. The molecule has 1 saturated carbocycles. The molecule has 0 aromatic heterocycles. The number of nitrogens with two attached hydrogens (primary N) is 1. The lowest BCUT2D eigenvalue weighted by Gasteiger charge is -2.22. The third-order valence-electron chi connectivity index (χ3n) is 2.64. The first-order valence-corrected chi connectivity index (χ1v) is 6.29. The molecule has 0 radical (unpaired) electrons. The molecule has 0 unspecified atom stereocenters. The SMILES string of the molecule is COC[C@]1(N)CC[C@@H](S(C)(=O)=O)C1. The molecule has 1 aliphatic carbocycles. The maximum absolute atomic E-state index is 11.2. The van der Waals surface area contributed by atoms with E-state index in [1.165, 1.54) is 6.26 Å². The van der Waals surface area contributed by atoms with E-state index in [9.17, 15) is 8.42 Å². The predicted molar refractivity (Wildman–Crippen MR) is 51.3 cm³/mol. The Morgan fingerprint density at radius 2 is 2.23 bits per heavy atom. The minimum absolute atomic E-state index is 0.271. The van der Waals surface area contributed by atoms with Gasteiger partial charge in [0.15, 0.2) is 0 Å². The van der Waals surface area contributed by atoms with Crippen molar-refractivity contribution in [3.63, 3.8) is 0 Å². The van der Waals surface area contributed by atoms with Crippen LogP contribution in [-0.2, 0) is 14.6 Å². The molecule has 0 heterocycles. The summed E-state index contributed by atoms with van der Waals surface area (Å²) in [5, 5.41) is -0.271. The average Bonchev–Trinajstić information content (AvgIpc) is 2.31. The summed E-state index contributed by atoms with van der Waals surface area (Å²) in [6, 6.07) is 0. The van der Waals surface area contributed by atoms with Crippen LogP contribution in [0.15, 0.2) is 0 Å². The highest BCUT2D eigenvalue weighted by atomic mass is 32.2. The Kier molecular flexibility index (Phi) is 2.99. The van der Waals surface area contributed by atoms with Gasteiger partial charge in [-0.3, -0.25) is 0 Å². The van der Waals surface area contributed by atoms with Crippen molar-refractivity contribution in [1.29, 1.82) is 0 Å². The van der Waals surface area contributed by atoms with E-state index >= 15 is 0 Å². The summed E-state index contributed by atoms with van der Waals surface area (Å²) in [4.78, 5) is 0. The van der Waals surface area contributed by atoms with Gasteiger partial charge in [0.25, 0.3) is 0 Å². The van der Waals surface area contributed by atoms with Gasteiger partial charge < -0.3 is 10.5 Å². The quantitative estimate of drug-likeness (QED) is 0.703. The molecule has 1 aliphatic rings. The van der Waals surface area contributed by atoms with E-state index in [4.69, 9.17) is 10.5 Å². The van der Waals surface area contributed by atoms with Gasteiger partial charge in [-0.1, -0.05) is 0 Å². The number of sulfone groups is 1. The highest BCUT2D eigenvalue weighted by molar-refractivity contribution is 7.91. The van der Waals surface area contributed by atoms with Gasteiger partial charge in [-0.2, -0.15) is 0 Å². The summed E-state index contributed by atoms with van der Waals surface area (Å²) in [7, 11) is -1.34. The Morgan fingerprint density at radius 3 is 2.62 bits per heavy atom. The maximum atomic E-state index is 11.2. The molecule has 2 N–H and O–H groups in total. The van der Waals surface area contributed by atoms with Crippen molar-refractivity contribution < 1.29 is 13.2 Å². The van der Waals surface area contributed by atoms with Crippen molar-refractivity contribution >= 4 is 9.84 Å². The highest BCUT2D eigenvalue weighted by Crippen LogP contribution is 2.31. The van der Waals surface area contributed by atoms with E-state index in [1.54, 1.807) is 7.11 Å². The van der Waals surface area contributed by atoms with Gasteiger partial charge in [-0.15, -0.1) is 0 Å². The first kappa shape index (κ1) is 10.9. The molecule has 1 fully saturated rings. The predicted octanol–water partition coefficient (Wildman–Crippen LogP) is -0.0726. The molecule has 0 saturated heterocycles. The smallest absolute Gasteiger partial charge is 0.150 e. The van der Waals surface area contributed by atoms with E-state index in [2.05, 4.69) is 0 Å². The fourth-order valence-electron chi connectivity index (χ4n) is 1.89. The zero-order chi connectivity index (χ0) is 10.1. The highest BCUT2D eigenvalue weighted by Gasteiger charge is 2.40. The minimum Gasteiger partial charge on any atom is -0.383 e. The second kappa shape index (κ2) is 3.55. The number of methoxy groups -OCH3 is 1. The average molecular weight is 207 g/mol. The van der Waals surface area contributed by atoms with Gasteiger partial charge in [-0.25, -0.2) is 8.42 Å². The summed E-state index contributed by atoms with van der Waals surface area (Å²) >= 11 is 0. The molecule has 78 valence electrons. The van der Waals surface area contributed by atoms with Crippen molar-refractivity contribution in [3.05, 3.63) is 0 Å². The Balaban J connectivity index is 2.63. The van der Waals surface area contributed by atoms with Crippen LogP contribution in [0.2, 0.25) is 0 Å². The van der Waals surface area contributed by atoms with Gasteiger partial charge in [0.2, 0.25) is 0 Å². The lowest BCUT2D eigenvalue weighted by Crippen LogP contribution is -2.42. The minimum atomic E-state index is -2.93. The summed E-state index contributed by atoms with van der Waals surface area (Å²) in [6.07, 6.45) is 3.20. The molecule has 0 aliphatic heterocycles. The van der Waals surface area contributed by atoms with E-state index in [-0.39, 0.29) is 5.25 Å². The molecule has 0 bridgehead atoms. The van der Waals surface area contributed by atoms with Crippen LogP contribution in [0.1, 0.15) is 19.3 Å². The van der Waals surface area contributed by atoms with Gasteiger partial charge >= 0.3 is 0 Å². The topological polar surface area (TPSA) is 69.4 Å². The molecular weight excluding hydrogens is 190 g/mol. The van der Waals surface area contributed by atoms with Gasteiger partial charge in [0, 0.05) is 18.9 Å². The van der Waals surface area contributed by atoms with E-state index in [0.717, 1.165) is 6.42 Å². The Labute approximate surface area is 79.4 Å². The molecule has 0 spiro atoms. The van der Waals surface area contributed by atoms with Crippen LogP contribution in [0, 0.1) is 0 Å². The fourth-order valence-corrected chi connectivity index (χ4v) is 3.07. The van der Waals surface area contributed by atoms with Crippen molar-refractivity contribution in [1.82, 2.24) is 0 Å². The van der Waals surface area contributed by atoms with Crippen LogP contribution in [0.25, 0.3) is 0 Å². The molecule has 0 aromatic rings. The third kappa shape index (κ3) is 2.65. The van der Waals surface area contributed by atoms with Crippen molar-refractivity contribution in [3.8, 4) is 0 Å². The Morgan fingerprint density at radius 1 is 1.62 bits per heavy atom. The van der Waals surface area contributed by atoms with Crippen LogP contribution in [0.3, 0.4) is 0 Å². The fraction of sp³-hybridized carbons (Fsp3) is 1.00. The molecular formula is C8H17NO3S. The first-order chi connectivity index (χ1) is 5.87. The molecule has 4 nitrogen and oxygen atoms in total. The lowest BCUT2D eigenvalue weighted by atomic mass is 10.0. The molecule has 1 rings (SSSR count). The first-order valence-electron chi connectivity index (χ1n) is 4.34. The summed E-state index contributed by atoms with van der Waals surface area (Å²) in [5.41, 5.74) is 5.54. The van der Waals surface area contributed by atoms with E-state index in [1.807, 2.05) is 0 Å². The third-order valence-corrected chi connectivity index (χ3v) is 4.25. The monoisotopic (exact) mass is 207 g/mol. The normalized spacial score (nSPS) is 35.2. The lowest BCUT2D eigenvalue weighted by molar-refractivity contribution is 0.135. The summed E-state index contributed by atoms with van der Waals surface area (Å²) < 4.78 is 27.4. The van der Waals surface area contributed by atoms with Gasteiger partial charge in [-0.05, 0) is 19.3 Å². The molecule has 13 heavy (non-hydrogen) atoms. The number of rotatable bonds is 3. The van der Waals surface area contributed by atoms with Crippen LogP contribution >= 0.6 is 0 Å². The zero-order valence-corrected chi connectivity index (χ0v) is 8.93. The van der Waals surface area contributed by atoms with Crippen molar-refractivity contribution in [2.45, 2.75) is 30.1 Å². The standard InChI is InChI=1S/C8H17NO3S/c1-12-6-8(9)4-3-7(5-8)13(2,10)11/h7H,3-6,9H2,1-2H3/t7-,8+/m1/s1. The van der Waals surface area contributed by atoms with Crippen molar-refractivity contribution in [2.75, 3.05) is 20.0 Å². The van der Waals surface area contributed by atoms with Crippen molar-refractivity contribution in [2.24, 2.45) is 5.73 Å². The molecule has 2 atom stereocenters. The number of ether oxygens (including phenoxy) is 1. The van der Waals surface area contributed by atoms with Gasteiger partial charge in [0.05, 0.1) is 11.9 Å². The largest absolute Gasteiger partial charge is 0.383 e. The summed E-state index contributed by atoms with van der Waals surface area (Å²) in [6.45, 7) is 0.443. The molecule has 0 amide bonds. The van der Waals surface area contributed by atoms with Crippen LogP contribution in [0.4, 0.5) is 0 Å². The second-order valence-corrected chi connectivity index (χ2v) is 6.32.